The van der Waals surface area contributed by atoms with Crippen molar-refractivity contribution in [2.45, 2.75) is 6.54 Å². The van der Waals surface area contributed by atoms with Crippen LogP contribution in [0.3, 0.4) is 0 Å². The van der Waals surface area contributed by atoms with E-state index in [2.05, 4.69) is 0 Å². The molecule has 0 saturated heterocycles. The number of carbonyl (C=O) groups excluding carboxylic acids is 2. The number of carbonyl (C=O) groups is 2. The monoisotopic (exact) mass is 387 g/mol. The number of ketones is 1. The number of methoxy groups -OCH3 is 1. The van der Waals surface area contributed by atoms with Crippen molar-refractivity contribution in [2.75, 3.05) is 18.8 Å². The number of Topliss-reactive ketones (excluding diaryl/α,β-unsaturated/α-hetero) is 1. The zero-order chi connectivity index (χ0) is 20.0. The van der Waals surface area contributed by atoms with Gasteiger partial charge in [0.2, 0.25) is 6.79 Å². The molecule has 0 radical (unpaired) electrons. The Morgan fingerprint density at radius 2 is 1.66 bits per heavy atom. The van der Waals surface area contributed by atoms with Crippen molar-refractivity contribution in [3.05, 3.63) is 71.8 Å². The molecule has 29 heavy (non-hydrogen) atoms. The van der Waals surface area contributed by atoms with Crippen LogP contribution < -0.4 is 19.1 Å². The molecule has 0 aliphatic carbocycles. The minimum Gasteiger partial charge on any atom is -0.497 e. The Balaban J connectivity index is 1.46. The number of nitrogens with zero attached hydrogens (tertiary/aromatic N) is 1. The molecule has 0 atom stereocenters. The Bertz CT molecular complexity index is 1140. The molecule has 6 heteroatoms. The lowest BCUT2D eigenvalue weighted by Gasteiger charge is -2.17. The predicted octanol–water partition coefficient (Wildman–Crippen LogP) is 3.82. The summed E-state index contributed by atoms with van der Waals surface area (Å²) < 4.78 is 15.9. The first-order valence-electron chi connectivity index (χ1n) is 9.17. The summed E-state index contributed by atoms with van der Waals surface area (Å²) >= 11 is 0. The standard InChI is InChI=1S/C23H17NO5/c1-27-17-6-3-15(4-7-17)16-5-8-19-18(11-16)22(25)23(26)24(19)12-14-2-9-20-21(10-14)29-13-28-20/h2-11H,12-13H2,1H3. The van der Waals surface area contributed by atoms with Crippen LogP contribution in [0.2, 0.25) is 0 Å². The molecule has 5 rings (SSSR count). The Labute approximate surface area is 167 Å². The molecule has 2 aliphatic heterocycles. The third kappa shape index (κ3) is 2.89. The third-order valence-electron chi connectivity index (χ3n) is 5.17. The van der Waals surface area contributed by atoms with Crippen LogP contribution in [0.5, 0.6) is 17.2 Å². The maximum atomic E-state index is 12.6. The zero-order valence-electron chi connectivity index (χ0n) is 15.7. The molecule has 0 saturated carbocycles. The Morgan fingerprint density at radius 3 is 2.45 bits per heavy atom. The van der Waals surface area contributed by atoms with Gasteiger partial charge in [-0.1, -0.05) is 24.3 Å². The summed E-state index contributed by atoms with van der Waals surface area (Å²) in [4.78, 5) is 26.8. The van der Waals surface area contributed by atoms with Gasteiger partial charge < -0.3 is 19.1 Å². The molecule has 3 aromatic rings. The fraction of sp³-hybridized carbons (Fsp3) is 0.130. The van der Waals surface area contributed by atoms with Crippen LogP contribution in [0.25, 0.3) is 11.1 Å². The number of ether oxygens (including phenoxy) is 3. The van der Waals surface area contributed by atoms with E-state index in [0.717, 1.165) is 22.4 Å². The highest BCUT2D eigenvalue weighted by Crippen LogP contribution is 2.36. The third-order valence-corrected chi connectivity index (χ3v) is 5.17. The van der Waals surface area contributed by atoms with Crippen molar-refractivity contribution in [1.29, 1.82) is 0 Å². The summed E-state index contributed by atoms with van der Waals surface area (Å²) in [5, 5.41) is 0. The van der Waals surface area contributed by atoms with Gasteiger partial charge in [0, 0.05) is 0 Å². The van der Waals surface area contributed by atoms with E-state index >= 15 is 0 Å². The van der Waals surface area contributed by atoms with Crippen LogP contribution >= 0.6 is 0 Å². The van der Waals surface area contributed by atoms with Crippen molar-refractivity contribution < 1.29 is 23.8 Å². The largest absolute Gasteiger partial charge is 0.497 e. The number of anilines is 1. The fourth-order valence-electron chi connectivity index (χ4n) is 3.64. The maximum Gasteiger partial charge on any atom is 0.299 e. The van der Waals surface area contributed by atoms with Crippen molar-refractivity contribution in [3.8, 4) is 28.4 Å². The van der Waals surface area contributed by atoms with Gasteiger partial charge in [-0.05, 0) is 53.1 Å². The Hall–Kier alpha value is -3.80. The van der Waals surface area contributed by atoms with E-state index in [9.17, 15) is 9.59 Å². The second-order valence-electron chi connectivity index (χ2n) is 6.87. The second kappa shape index (κ2) is 6.67. The smallest absolute Gasteiger partial charge is 0.299 e. The molecule has 2 aliphatic rings. The topological polar surface area (TPSA) is 65.1 Å². The number of fused-ring (bicyclic) bond motifs is 2. The van der Waals surface area contributed by atoms with E-state index in [1.54, 1.807) is 13.2 Å². The molecule has 0 fully saturated rings. The number of hydrogen-bond donors (Lipinski definition) is 0. The van der Waals surface area contributed by atoms with Gasteiger partial charge >= 0.3 is 0 Å². The van der Waals surface area contributed by atoms with Gasteiger partial charge in [0.05, 0.1) is 24.9 Å². The molecule has 2 heterocycles. The molecule has 0 aromatic heterocycles. The minimum atomic E-state index is -0.524. The Kier molecular flexibility index (Phi) is 3.98. The number of rotatable bonds is 4. The summed E-state index contributed by atoms with van der Waals surface area (Å²) in [6, 6.07) is 18.6. The van der Waals surface area contributed by atoms with Crippen LogP contribution in [0.1, 0.15) is 15.9 Å². The second-order valence-corrected chi connectivity index (χ2v) is 6.87. The molecule has 0 bridgehead atoms. The fourth-order valence-corrected chi connectivity index (χ4v) is 3.64. The molecular formula is C23H17NO5. The molecule has 1 amide bonds. The van der Waals surface area contributed by atoms with E-state index in [4.69, 9.17) is 14.2 Å². The molecule has 0 unspecified atom stereocenters. The maximum absolute atomic E-state index is 12.6. The molecule has 144 valence electrons. The first-order valence-corrected chi connectivity index (χ1v) is 9.17. The number of hydrogen-bond acceptors (Lipinski definition) is 5. The van der Waals surface area contributed by atoms with Gasteiger partial charge in [0.15, 0.2) is 11.5 Å². The van der Waals surface area contributed by atoms with Crippen molar-refractivity contribution >= 4 is 17.4 Å². The van der Waals surface area contributed by atoms with Crippen LogP contribution in [0, 0.1) is 0 Å². The zero-order valence-corrected chi connectivity index (χ0v) is 15.7. The van der Waals surface area contributed by atoms with E-state index in [-0.39, 0.29) is 13.3 Å². The molecule has 3 aromatic carbocycles. The molecule has 0 N–H and O–H groups in total. The highest BCUT2D eigenvalue weighted by molar-refractivity contribution is 6.52. The van der Waals surface area contributed by atoms with E-state index < -0.39 is 11.7 Å². The predicted molar refractivity (Wildman–Crippen MR) is 107 cm³/mol. The summed E-state index contributed by atoms with van der Waals surface area (Å²) in [5.74, 6) is 1.08. The Morgan fingerprint density at radius 1 is 0.897 bits per heavy atom. The first-order chi connectivity index (χ1) is 14.1. The normalized spacial score (nSPS) is 14.3. The number of amides is 1. The lowest BCUT2D eigenvalue weighted by molar-refractivity contribution is -0.114. The quantitative estimate of drug-likeness (QED) is 0.637. The van der Waals surface area contributed by atoms with Gasteiger partial charge in [-0.25, -0.2) is 0 Å². The van der Waals surface area contributed by atoms with Gasteiger partial charge in [-0.3, -0.25) is 9.59 Å². The summed E-state index contributed by atoms with van der Waals surface area (Å²) in [6.07, 6.45) is 0. The van der Waals surface area contributed by atoms with Crippen LogP contribution in [0.15, 0.2) is 60.7 Å². The van der Waals surface area contributed by atoms with E-state index in [0.29, 0.717) is 22.7 Å². The first kappa shape index (κ1) is 17.3. The van der Waals surface area contributed by atoms with Crippen molar-refractivity contribution in [1.82, 2.24) is 0 Å². The minimum absolute atomic E-state index is 0.191. The number of benzene rings is 3. The highest BCUT2D eigenvalue weighted by Gasteiger charge is 2.36. The average Bonchev–Trinajstić information content (AvgIpc) is 3.32. The lowest BCUT2D eigenvalue weighted by atomic mass is 10.0. The summed E-state index contributed by atoms with van der Waals surface area (Å²) in [5.41, 5.74) is 3.72. The lowest BCUT2D eigenvalue weighted by Crippen LogP contribution is -2.29. The summed E-state index contributed by atoms with van der Waals surface area (Å²) in [6.45, 7) is 0.479. The van der Waals surface area contributed by atoms with Gasteiger partial charge in [0.1, 0.15) is 5.75 Å². The van der Waals surface area contributed by atoms with Crippen LogP contribution in [-0.2, 0) is 11.3 Å². The molecule has 6 nitrogen and oxygen atoms in total. The SMILES string of the molecule is COc1ccc(-c2ccc3c(c2)C(=O)C(=O)N3Cc2ccc3c(c2)OCO3)cc1. The van der Waals surface area contributed by atoms with E-state index in [1.807, 2.05) is 54.6 Å². The average molecular weight is 387 g/mol. The van der Waals surface area contributed by atoms with Gasteiger partial charge in [-0.15, -0.1) is 0 Å². The van der Waals surface area contributed by atoms with Crippen molar-refractivity contribution in [3.63, 3.8) is 0 Å². The van der Waals surface area contributed by atoms with Crippen LogP contribution in [0.4, 0.5) is 5.69 Å². The highest BCUT2D eigenvalue weighted by atomic mass is 16.7. The summed E-state index contributed by atoms with van der Waals surface area (Å²) in [7, 11) is 1.61. The van der Waals surface area contributed by atoms with Gasteiger partial charge in [0.25, 0.3) is 11.7 Å². The van der Waals surface area contributed by atoms with Crippen molar-refractivity contribution in [2.24, 2.45) is 0 Å². The van der Waals surface area contributed by atoms with E-state index in [1.165, 1.54) is 4.90 Å². The molecule has 0 spiro atoms. The van der Waals surface area contributed by atoms with Crippen LogP contribution in [-0.4, -0.2) is 25.6 Å². The molecular weight excluding hydrogens is 370 g/mol. The van der Waals surface area contributed by atoms with Gasteiger partial charge in [-0.2, -0.15) is 0 Å².